The quantitative estimate of drug-likeness (QED) is 0.526. The smallest absolute Gasteiger partial charge is 0.329 e. The molecule has 1 spiro atoms. The van der Waals surface area contributed by atoms with Crippen molar-refractivity contribution in [1.29, 1.82) is 0 Å². The molecule has 9 heteroatoms. The zero-order valence-electron chi connectivity index (χ0n) is 17.7. The van der Waals surface area contributed by atoms with Crippen LogP contribution >= 0.6 is 0 Å². The summed E-state index contributed by atoms with van der Waals surface area (Å²) >= 11 is 0. The maximum absolute atomic E-state index is 13.4. The molecule has 162 valence electrons. The average Bonchev–Trinajstić information content (AvgIpc) is 2.76. The molecule has 0 radical (unpaired) electrons. The van der Waals surface area contributed by atoms with Crippen LogP contribution in [0.25, 0.3) is 0 Å². The highest BCUT2D eigenvalue weighted by atomic mass is 16.7. The van der Waals surface area contributed by atoms with E-state index < -0.39 is 29.2 Å². The van der Waals surface area contributed by atoms with Gasteiger partial charge in [-0.25, -0.2) is 4.98 Å². The van der Waals surface area contributed by atoms with Crippen molar-refractivity contribution in [2.45, 2.75) is 32.1 Å². The Morgan fingerprint density at radius 1 is 1.13 bits per heavy atom. The Bertz CT molecular complexity index is 1020. The number of hydrogen-bond acceptors (Lipinski definition) is 9. The minimum atomic E-state index is -1.46. The first-order valence-electron chi connectivity index (χ1n) is 10.3. The van der Waals surface area contributed by atoms with E-state index in [1.165, 1.54) is 0 Å². The number of piperazine rings is 1. The van der Waals surface area contributed by atoms with Crippen molar-refractivity contribution < 1.29 is 23.8 Å². The summed E-state index contributed by atoms with van der Waals surface area (Å²) in [7, 11) is 1.62. The number of fused-ring (bicyclic) bond motifs is 4. The number of nitrogens with zero attached hydrogens (tertiary/aromatic N) is 4. The summed E-state index contributed by atoms with van der Waals surface area (Å²) in [4.78, 5) is 39.5. The highest BCUT2D eigenvalue weighted by Crippen LogP contribution is 2.48. The first-order valence-corrected chi connectivity index (χ1v) is 10.3. The van der Waals surface area contributed by atoms with Crippen molar-refractivity contribution in [3.63, 3.8) is 0 Å². The predicted octanol–water partition coefficient (Wildman–Crippen LogP) is 1.56. The van der Waals surface area contributed by atoms with Crippen molar-refractivity contribution in [3.05, 3.63) is 42.4 Å². The van der Waals surface area contributed by atoms with Crippen molar-refractivity contribution in [2.24, 2.45) is 5.41 Å². The number of benzene rings is 1. The Kier molecular flexibility index (Phi) is 4.32. The summed E-state index contributed by atoms with van der Waals surface area (Å²) in [6, 6.07) is 5.21. The molecule has 3 aliphatic heterocycles. The Morgan fingerprint density at radius 2 is 1.90 bits per heavy atom. The second-order valence-electron chi connectivity index (χ2n) is 8.54. The lowest BCUT2D eigenvalue weighted by atomic mass is 9.69. The summed E-state index contributed by atoms with van der Waals surface area (Å²) in [6.07, 6.45) is 5.13. The number of cyclic esters (lactones) is 2. The topological polar surface area (TPSA) is 94.1 Å². The molecule has 2 aromatic rings. The standard InChI is InChI=1S/C22H24N4O5/c1-21(2)30-19(27)22(20(28)31-21)11-14-4-5-15(29-3)10-16(14)26-9-8-25(13-17(22)26)18-12-23-6-7-24-18/h4-7,10,12,17H,8-9,11,13H2,1-3H3. The van der Waals surface area contributed by atoms with Gasteiger partial charge in [-0.05, 0) is 11.6 Å². The fraction of sp³-hybridized carbons (Fsp3) is 0.455. The summed E-state index contributed by atoms with van der Waals surface area (Å²) in [5.74, 6) is -0.965. The number of esters is 2. The van der Waals surface area contributed by atoms with Crippen LogP contribution in [0, 0.1) is 5.41 Å². The summed E-state index contributed by atoms with van der Waals surface area (Å²) in [6.45, 7) is 4.80. The predicted molar refractivity (Wildman–Crippen MR) is 111 cm³/mol. The van der Waals surface area contributed by atoms with Crippen molar-refractivity contribution >= 4 is 23.4 Å². The van der Waals surface area contributed by atoms with Gasteiger partial charge in [-0.3, -0.25) is 14.6 Å². The Labute approximate surface area is 179 Å². The molecule has 1 aromatic carbocycles. The van der Waals surface area contributed by atoms with Gasteiger partial charge in [0.15, 0.2) is 5.41 Å². The summed E-state index contributed by atoms with van der Waals surface area (Å²) in [5.41, 5.74) is 0.385. The van der Waals surface area contributed by atoms with Crippen LogP contribution in [-0.4, -0.2) is 60.5 Å². The van der Waals surface area contributed by atoms with Gasteiger partial charge in [0, 0.05) is 64.1 Å². The molecule has 4 heterocycles. The maximum Gasteiger partial charge on any atom is 0.329 e. The van der Waals surface area contributed by atoms with Crippen LogP contribution in [0.4, 0.5) is 11.5 Å². The van der Waals surface area contributed by atoms with Gasteiger partial charge in [0.2, 0.25) is 0 Å². The number of hydrogen-bond donors (Lipinski definition) is 0. The highest BCUT2D eigenvalue weighted by Gasteiger charge is 2.64. The van der Waals surface area contributed by atoms with Crippen LogP contribution in [0.3, 0.4) is 0 Å². The molecule has 5 rings (SSSR count). The monoisotopic (exact) mass is 424 g/mol. The molecular formula is C22H24N4O5. The van der Waals surface area contributed by atoms with Gasteiger partial charge < -0.3 is 24.0 Å². The average molecular weight is 424 g/mol. The largest absolute Gasteiger partial charge is 0.497 e. The molecule has 3 aliphatic rings. The number of carbonyl (C=O) groups is 2. The van der Waals surface area contributed by atoms with E-state index in [0.29, 0.717) is 25.5 Å². The number of carbonyl (C=O) groups excluding carboxylic acids is 2. The molecule has 2 fully saturated rings. The molecule has 9 nitrogen and oxygen atoms in total. The van der Waals surface area contributed by atoms with Crippen LogP contribution in [0.5, 0.6) is 5.75 Å². The van der Waals surface area contributed by atoms with Crippen LogP contribution < -0.4 is 14.5 Å². The fourth-order valence-corrected chi connectivity index (χ4v) is 4.81. The van der Waals surface area contributed by atoms with Crippen LogP contribution in [-0.2, 0) is 25.5 Å². The van der Waals surface area contributed by atoms with E-state index in [0.717, 1.165) is 17.0 Å². The first kappa shape index (κ1) is 19.6. The van der Waals surface area contributed by atoms with E-state index in [1.807, 2.05) is 23.1 Å². The van der Waals surface area contributed by atoms with Gasteiger partial charge in [-0.2, -0.15) is 0 Å². The van der Waals surface area contributed by atoms with Crippen molar-refractivity contribution in [2.75, 3.05) is 36.5 Å². The van der Waals surface area contributed by atoms with Gasteiger partial charge in [0.05, 0.1) is 19.3 Å². The summed E-state index contributed by atoms with van der Waals surface area (Å²) < 4.78 is 16.6. The van der Waals surface area contributed by atoms with Crippen LogP contribution in [0.2, 0.25) is 0 Å². The Balaban J connectivity index is 1.62. The van der Waals surface area contributed by atoms with Gasteiger partial charge in [0.25, 0.3) is 5.79 Å². The fourth-order valence-electron chi connectivity index (χ4n) is 4.81. The minimum Gasteiger partial charge on any atom is -0.497 e. The van der Waals surface area contributed by atoms with E-state index in [-0.39, 0.29) is 6.42 Å². The molecule has 1 atom stereocenters. The van der Waals surface area contributed by atoms with Crippen molar-refractivity contribution in [1.82, 2.24) is 9.97 Å². The number of anilines is 2. The van der Waals surface area contributed by atoms with Crippen LogP contribution in [0.1, 0.15) is 19.4 Å². The maximum atomic E-state index is 13.4. The molecular weight excluding hydrogens is 400 g/mol. The minimum absolute atomic E-state index is 0.204. The SMILES string of the molecule is COc1ccc2c(c1)N1CCN(c3cnccn3)CC1C1(C2)C(=O)OC(C)(C)OC1=O. The second-order valence-corrected chi connectivity index (χ2v) is 8.54. The normalized spacial score (nSPS) is 23.5. The van der Waals surface area contributed by atoms with E-state index >= 15 is 0 Å². The van der Waals surface area contributed by atoms with Gasteiger partial charge in [0.1, 0.15) is 11.6 Å². The Morgan fingerprint density at radius 3 is 2.58 bits per heavy atom. The molecule has 2 saturated heterocycles. The molecule has 1 unspecified atom stereocenters. The highest BCUT2D eigenvalue weighted by molar-refractivity contribution is 6.04. The number of aromatic nitrogens is 2. The van der Waals surface area contributed by atoms with Crippen molar-refractivity contribution in [3.8, 4) is 5.75 Å². The zero-order chi connectivity index (χ0) is 21.8. The lowest BCUT2D eigenvalue weighted by molar-refractivity contribution is -0.253. The Hall–Kier alpha value is -3.36. The number of ether oxygens (including phenoxy) is 3. The second kappa shape index (κ2) is 6.83. The van der Waals surface area contributed by atoms with E-state index in [4.69, 9.17) is 14.2 Å². The van der Waals surface area contributed by atoms with E-state index in [1.54, 1.807) is 39.5 Å². The molecule has 0 saturated carbocycles. The molecule has 0 bridgehead atoms. The third-order valence-electron chi connectivity index (χ3n) is 6.30. The molecule has 0 amide bonds. The number of rotatable bonds is 2. The lowest BCUT2D eigenvalue weighted by Gasteiger charge is -2.54. The van der Waals surface area contributed by atoms with Gasteiger partial charge >= 0.3 is 11.9 Å². The summed E-state index contributed by atoms with van der Waals surface area (Å²) in [5, 5.41) is 0. The van der Waals surface area contributed by atoms with Gasteiger partial charge in [-0.15, -0.1) is 0 Å². The third-order valence-corrected chi connectivity index (χ3v) is 6.30. The number of methoxy groups -OCH3 is 1. The first-order chi connectivity index (χ1) is 14.8. The van der Waals surface area contributed by atoms with Gasteiger partial charge in [-0.1, -0.05) is 6.07 Å². The lowest BCUT2D eigenvalue weighted by Crippen LogP contribution is -2.71. The van der Waals surface area contributed by atoms with Crippen LogP contribution in [0.15, 0.2) is 36.8 Å². The zero-order valence-corrected chi connectivity index (χ0v) is 17.7. The molecule has 0 N–H and O–H groups in total. The van der Waals surface area contributed by atoms with E-state index in [2.05, 4.69) is 14.9 Å². The molecule has 1 aromatic heterocycles. The molecule has 0 aliphatic carbocycles. The van der Waals surface area contributed by atoms with E-state index in [9.17, 15) is 9.59 Å². The molecule has 31 heavy (non-hydrogen) atoms. The third kappa shape index (κ3) is 2.98.